The van der Waals surface area contributed by atoms with Crippen LogP contribution in [-0.2, 0) is 16.6 Å². The Kier molecular flexibility index (Phi) is 14.3. The summed E-state index contributed by atoms with van der Waals surface area (Å²) in [6.07, 6.45) is 3.66. The van der Waals surface area contributed by atoms with E-state index < -0.39 is 10.8 Å². The van der Waals surface area contributed by atoms with Gasteiger partial charge in [-0.3, -0.25) is 9.20 Å². The number of unbranched alkanes of at least 4 members (excludes halogenated alkanes) is 1. The van der Waals surface area contributed by atoms with Crippen LogP contribution in [0.4, 0.5) is 0 Å². The summed E-state index contributed by atoms with van der Waals surface area (Å²) in [6.45, 7) is 6.11. The second-order valence-corrected chi connectivity index (χ2v) is 7.67. The summed E-state index contributed by atoms with van der Waals surface area (Å²) in [7, 11) is 0.920. The van der Waals surface area contributed by atoms with Gasteiger partial charge in [0.1, 0.15) is 0 Å². The molecule has 0 saturated carbocycles. The molecule has 1 unspecified atom stereocenters. The number of nitrogens with one attached hydrogen (secondary N) is 2. The van der Waals surface area contributed by atoms with E-state index in [2.05, 4.69) is 29.5 Å². The van der Waals surface area contributed by atoms with Crippen molar-refractivity contribution >= 4 is 40.7 Å². The Hall–Kier alpha value is -0.630. The van der Waals surface area contributed by atoms with Crippen LogP contribution < -0.4 is 10.6 Å². The predicted octanol–water partition coefficient (Wildman–Crippen LogP) is 3.54. The second kappa shape index (κ2) is 14.7. The summed E-state index contributed by atoms with van der Waals surface area (Å²) < 4.78 is 12.1. The molecule has 1 aromatic rings. The summed E-state index contributed by atoms with van der Waals surface area (Å²) >= 11 is 0. The standard InChI is InChI=1S/C18H31N3OS.HI/c1-16(2)9-7-8-12-20-18(19-3)21-13-14-23(22)15-17-10-5-4-6-11-17;/h4-6,10-11,16H,7-9,12-15H2,1-3H3,(H2,19,20,21);1H. The average molecular weight is 465 g/mol. The van der Waals surface area contributed by atoms with E-state index in [-0.39, 0.29) is 24.0 Å². The molecule has 0 fully saturated rings. The van der Waals surface area contributed by atoms with Crippen molar-refractivity contribution < 1.29 is 4.21 Å². The third-order valence-corrected chi connectivity index (χ3v) is 4.83. The van der Waals surface area contributed by atoms with Gasteiger partial charge in [-0.05, 0) is 17.9 Å². The summed E-state index contributed by atoms with van der Waals surface area (Å²) in [5.41, 5.74) is 1.12. The van der Waals surface area contributed by atoms with E-state index in [0.717, 1.165) is 30.4 Å². The molecule has 138 valence electrons. The zero-order chi connectivity index (χ0) is 16.9. The van der Waals surface area contributed by atoms with Crippen molar-refractivity contribution in [3.63, 3.8) is 0 Å². The predicted molar refractivity (Wildman–Crippen MR) is 117 cm³/mol. The van der Waals surface area contributed by atoms with Crippen LogP contribution >= 0.6 is 24.0 Å². The molecular weight excluding hydrogens is 433 g/mol. The molecule has 4 nitrogen and oxygen atoms in total. The molecule has 0 radical (unpaired) electrons. The number of aliphatic imine (C=N–C) groups is 1. The minimum atomic E-state index is -0.849. The van der Waals surface area contributed by atoms with Crippen LogP contribution in [0.5, 0.6) is 0 Å². The smallest absolute Gasteiger partial charge is 0.191 e. The molecule has 1 aromatic carbocycles. The highest BCUT2D eigenvalue weighted by atomic mass is 127. The van der Waals surface area contributed by atoms with Crippen LogP contribution in [0, 0.1) is 5.92 Å². The molecule has 1 rings (SSSR count). The lowest BCUT2D eigenvalue weighted by atomic mass is 10.1. The van der Waals surface area contributed by atoms with Crippen molar-refractivity contribution in [1.82, 2.24) is 10.6 Å². The molecule has 1 atom stereocenters. The number of halogens is 1. The molecule has 0 amide bonds. The molecule has 2 N–H and O–H groups in total. The van der Waals surface area contributed by atoms with Crippen molar-refractivity contribution in [2.75, 3.05) is 25.9 Å². The lowest BCUT2D eigenvalue weighted by Gasteiger charge is -2.12. The molecule has 6 heteroatoms. The average Bonchev–Trinajstić information content (AvgIpc) is 2.53. The maximum Gasteiger partial charge on any atom is 0.191 e. The quantitative estimate of drug-likeness (QED) is 0.241. The first-order valence-electron chi connectivity index (χ1n) is 8.45. The van der Waals surface area contributed by atoms with Crippen molar-refractivity contribution in [1.29, 1.82) is 0 Å². The lowest BCUT2D eigenvalue weighted by Crippen LogP contribution is -2.39. The van der Waals surface area contributed by atoms with Gasteiger partial charge in [0, 0.05) is 42.4 Å². The van der Waals surface area contributed by atoms with E-state index in [1.54, 1.807) is 7.05 Å². The Morgan fingerprint density at radius 1 is 1.12 bits per heavy atom. The molecule has 0 aliphatic heterocycles. The van der Waals surface area contributed by atoms with Crippen LogP contribution in [0.15, 0.2) is 35.3 Å². The van der Waals surface area contributed by atoms with Crippen molar-refractivity contribution in [2.45, 2.75) is 38.9 Å². The zero-order valence-corrected chi connectivity index (χ0v) is 18.2. The van der Waals surface area contributed by atoms with Crippen LogP contribution in [0.3, 0.4) is 0 Å². The number of hydrogen-bond acceptors (Lipinski definition) is 2. The van der Waals surface area contributed by atoms with Crippen molar-refractivity contribution in [3.05, 3.63) is 35.9 Å². The molecule has 24 heavy (non-hydrogen) atoms. The fourth-order valence-electron chi connectivity index (χ4n) is 2.22. The first-order valence-corrected chi connectivity index (χ1v) is 9.94. The maximum atomic E-state index is 12.1. The van der Waals surface area contributed by atoms with Gasteiger partial charge in [-0.2, -0.15) is 0 Å². The van der Waals surface area contributed by atoms with Crippen LogP contribution in [0.1, 0.15) is 38.7 Å². The highest BCUT2D eigenvalue weighted by molar-refractivity contribution is 14.0. The number of nitrogens with zero attached hydrogens (tertiary/aromatic N) is 1. The summed E-state index contributed by atoms with van der Waals surface area (Å²) in [5.74, 6) is 2.81. The minimum absolute atomic E-state index is 0. The van der Waals surface area contributed by atoms with E-state index in [1.807, 2.05) is 30.3 Å². The molecule has 0 aliphatic rings. The Labute approximate surface area is 166 Å². The van der Waals surface area contributed by atoms with Crippen LogP contribution in [-0.4, -0.2) is 36.1 Å². The third-order valence-electron chi connectivity index (χ3n) is 3.52. The maximum absolute atomic E-state index is 12.1. The number of hydrogen-bond donors (Lipinski definition) is 2. The number of benzene rings is 1. The largest absolute Gasteiger partial charge is 0.356 e. The Bertz CT molecular complexity index is 480. The topological polar surface area (TPSA) is 53.5 Å². The summed E-state index contributed by atoms with van der Waals surface area (Å²) in [6, 6.07) is 9.97. The van der Waals surface area contributed by atoms with Gasteiger partial charge in [0.2, 0.25) is 0 Å². The van der Waals surface area contributed by atoms with Crippen molar-refractivity contribution in [2.24, 2.45) is 10.9 Å². The second-order valence-electron chi connectivity index (χ2n) is 6.09. The van der Waals surface area contributed by atoms with Crippen LogP contribution in [0.25, 0.3) is 0 Å². The van der Waals surface area contributed by atoms with E-state index in [4.69, 9.17) is 0 Å². The molecule has 0 aliphatic carbocycles. The van der Waals surface area contributed by atoms with Gasteiger partial charge < -0.3 is 10.6 Å². The fraction of sp³-hybridized carbons (Fsp3) is 0.611. The summed E-state index contributed by atoms with van der Waals surface area (Å²) in [4.78, 5) is 4.20. The Balaban J connectivity index is 0.00000529. The van der Waals surface area contributed by atoms with Crippen molar-refractivity contribution in [3.8, 4) is 0 Å². The lowest BCUT2D eigenvalue weighted by molar-refractivity contribution is 0.534. The first-order chi connectivity index (χ1) is 11.1. The normalized spacial score (nSPS) is 12.6. The molecule has 0 bridgehead atoms. The summed E-state index contributed by atoms with van der Waals surface area (Å²) in [5, 5.41) is 6.54. The Morgan fingerprint density at radius 2 is 1.79 bits per heavy atom. The highest BCUT2D eigenvalue weighted by Crippen LogP contribution is 2.05. The van der Waals surface area contributed by atoms with Gasteiger partial charge >= 0.3 is 0 Å². The van der Waals surface area contributed by atoms with E-state index in [1.165, 1.54) is 12.8 Å². The third kappa shape index (κ3) is 11.8. The minimum Gasteiger partial charge on any atom is -0.356 e. The van der Waals surface area contributed by atoms with E-state index in [0.29, 0.717) is 18.1 Å². The first kappa shape index (κ1) is 23.4. The molecule has 0 heterocycles. The van der Waals surface area contributed by atoms with E-state index >= 15 is 0 Å². The van der Waals surface area contributed by atoms with Gasteiger partial charge in [-0.15, -0.1) is 24.0 Å². The monoisotopic (exact) mass is 465 g/mol. The van der Waals surface area contributed by atoms with Gasteiger partial charge in [0.05, 0.1) is 0 Å². The van der Waals surface area contributed by atoms with Gasteiger partial charge in [0.25, 0.3) is 0 Å². The number of rotatable bonds is 10. The van der Waals surface area contributed by atoms with E-state index in [9.17, 15) is 4.21 Å². The Morgan fingerprint density at radius 3 is 2.42 bits per heavy atom. The van der Waals surface area contributed by atoms with Gasteiger partial charge in [-0.1, -0.05) is 57.0 Å². The SMILES string of the molecule is CN=C(NCCCCC(C)C)NCCS(=O)Cc1ccccc1.I. The highest BCUT2D eigenvalue weighted by Gasteiger charge is 2.03. The molecule has 0 aromatic heterocycles. The zero-order valence-electron chi connectivity index (χ0n) is 15.1. The number of guanidine groups is 1. The van der Waals surface area contributed by atoms with Gasteiger partial charge in [0.15, 0.2) is 5.96 Å². The molecular formula is C18H32IN3OS. The van der Waals surface area contributed by atoms with Gasteiger partial charge in [-0.25, -0.2) is 0 Å². The molecule has 0 spiro atoms. The fourth-order valence-corrected chi connectivity index (χ4v) is 3.26. The molecule has 0 saturated heterocycles. The van der Waals surface area contributed by atoms with Crippen LogP contribution in [0.2, 0.25) is 0 Å².